The zero-order chi connectivity index (χ0) is 29.1. The number of fused-ring (bicyclic) bond motifs is 2. The maximum atomic E-state index is 14.2. The molecule has 1 fully saturated rings. The summed E-state index contributed by atoms with van der Waals surface area (Å²) >= 11 is 0. The fourth-order valence-electron chi connectivity index (χ4n) is 5.44. The van der Waals surface area contributed by atoms with Crippen molar-refractivity contribution < 1.29 is 9.53 Å². The summed E-state index contributed by atoms with van der Waals surface area (Å²) in [5.74, 6) is 19.5. The molecule has 0 saturated carbocycles. The number of anilines is 2. The average Bonchev–Trinajstić information content (AvgIpc) is 3.34. The van der Waals surface area contributed by atoms with Crippen molar-refractivity contribution in [2.45, 2.75) is 64.7 Å². The highest BCUT2D eigenvalue weighted by Crippen LogP contribution is 2.35. The second-order valence-electron chi connectivity index (χ2n) is 10.4. The van der Waals surface area contributed by atoms with E-state index >= 15 is 0 Å². The lowest BCUT2D eigenvalue weighted by atomic mass is 9.99. The van der Waals surface area contributed by atoms with E-state index in [-0.39, 0.29) is 12.1 Å². The third-order valence-corrected chi connectivity index (χ3v) is 7.64. The summed E-state index contributed by atoms with van der Waals surface area (Å²) in [5, 5.41) is 23.9. The lowest BCUT2D eigenvalue weighted by Crippen LogP contribution is -2.65. The number of hydrogen-bond donors (Lipinski definition) is 7. The van der Waals surface area contributed by atoms with Crippen molar-refractivity contribution in [1.29, 1.82) is 0 Å². The van der Waals surface area contributed by atoms with Gasteiger partial charge in [-0.2, -0.15) is 0 Å². The monoisotopic (exact) mass is 564 g/mol. The molecule has 2 aromatic rings. The molecular weight excluding hydrogens is 524 g/mol. The SMILES string of the molecule is CCCCCOc1cccc(N2C(=O)c3c(C)cccc3NC2C(C)N(N)C2=C3NCN(N)C3NC(N=NN)N2)c1. The van der Waals surface area contributed by atoms with Crippen LogP contribution < -0.4 is 48.4 Å². The summed E-state index contributed by atoms with van der Waals surface area (Å²) in [5.41, 5.74) is 3.70. The first-order chi connectivity index (χ1) is 19.8. The van der Waals surface area contributed by atoms with Gasteiger partial charge in [0.05, 0.1) is 30.6 Å². The Hall–Kier alpha value is -4.11. The van der Waals surface area contributed by atoms with E-state index in [1.165, 1.54) is 0 Å². The molecule has 14 nitrogen and oxygen atoms in total. The maximum absolute atomic E-state index is 14.2. The number of rotatable bonds is 10. The van der Waals surface area contributed by atoms with Crippen molar-refractivity contribution in [3.8, 4) is 5.75 Å². The van der Waals surface area contributed by atoms with Crippen LogP contribution in [0.25, 0.3) is 0 Å². The maximum Gasteiger partial charge on any atom is 0.262 e. The molecule has 14 heteroatoms. The molecule has 0 aliphatic carbocycles. The molecule has 0 aromatic heterocycles. The van der Waals surface area contributed by atoms with E-state index in [2.05, 4.69) is 38.5 Å². The molecule has 41 heavy (non-hydrogen) atoms. The number of nitrogens with zero attached hydrogens (tertiary/aromatic N) is 5. The van der Waals surface area contributed by atoms with Gasteiger partial charge in [0.1, 0.15) is 23.9 Å². The predicted molar refractivity (Wildman–Crippen MR) is 156 cm³/mol. The van der Waals surface area contributed by atoms with Gasteiger partial charge in [-0.3, -0.25) is 25.9 Å². The molecular formula is C27H40N12O2. The van der Waals surface area contributed by atoms with Gasteiger partial charge in [0.15, 0.2) is 6.29 Å². The Morgan fingerprint density at radius 3 is 2.78 bits per heavy atom. The molecule has 5 rings (SSSR count). The minimum atomic E-state index is -0.657. The molecule has 4 unspecified atom stereocenters. The average molecular weight is 565 g/mol. The zero-order valence-corrected chi connectivity index (χ0v) is 23.7. The van der Waals surface area contributed by atoms with Gasteiger partial charge in [0.25, 0.3) is 5.91 Å². The van der Waals surface area contributed by atoms with Crippen LogP contribution in [0, 0.1) is 6.92 Å². The molecule has 0 spiro atoms. The smallest absolute Gasteiger partial charge is 0.262 e. The molecule has 0 radical (unpaired) electrons. The number of nitrogens with one attached hydrogen (secondary N) is 4. The van der Waals surface area contributed by atoms with Crippen LogP contribution in [0.2, 0.25) is 0 Å². The first-order valence-corrected chi connectivity index (χ1v) is 13.9. The Kier molecular flexibility index (Phi) is 8.44. The van der Waals surface area contributed by atoms with Crippen LogP contribution >= 0.6 is 0 Å². The minimum absolute atomic E-state index is 0.124. The second kappa shape index (κ2) is 12.2. The second-order valence-corrected chi connectivity index (χ2v) is 10.4. The summed E-state index contributed by atoms with van der Waals surface area (Å²) < 4.78 is 6.03. The van der Waals surface area contributed by atoms with Gasteiger partial charge < -0.3 is 26.5 Å². The molecule has 4 atom stereocenters. The first-order valence-electron chi connectivity index (χ1n) is 13.9. The van der Waals surface area contributed by atoms with E-state index in [0.717, 1.165) is 36.2 Å². The number of carbonyl (C=O) groups is 1. The van der Waals surface area contributed by atoms with E-state index < -0.39 is 18.5 Å². The summed E-state index contributed by atoms with van der Waals surface area (Å²) in [4.78, 5) is 15.9. The molecule has 10 N–H and O–H groups in total. The standard InChI is InChI=1S/C27H40N12O2/c1-4-5-6-13-41-19-11-8-10-18(14-19)38-23(32-20-12-7-9-16(2)21(20)26(38)40)17(3)39(30)25-22-24(37(29)15-31-22)33-27(34-25)35-36-28/h7-12,14,17,23-24,27,31-34H,4-6,13,15,29-30H2,1-3H3,(H2,28,35). The zero-order valence-electron chi connectivity index (χ0n) is 23.7. The van der Waals surface area contributed by atoms with Crippen molar-refractivity contribution in [2.75, 3.05) is 23.5 Å². The van der Waals surface area contributed by atoms with Crippen molar-refractivity contribution >= 4 is 17.3 Å². The van der Waals surface area contributed by atoms with Gasteiger partial charge in [-0.25, -0.2) is 10.9 Å². The number of ether oxygens (including phenoxy) is 1. The van der Waals surface area contributed by atoms with Gasteiger partial charge in [-0.1, -0.05) is 43.2 Å². The lowest BCUT2D eigenvalue weighted by Gasteiger charge is -2.45. The largest absolute Gasteiger partial charge is 0.494 e. The Balaban J connectivity index is 1.50. The highest BCUT2D eigenvalue weighted by molar-refractivity contribution is 6.13. The normalized spacial score (nSPS) is 23.0. The van der Waals surface area contributed by atoms with Crippen molar-refractivity contribution in [3.63, 3.8) is 0 Å². The Morgan fingerprint density at radius 2 is 2.00 bits per heavy atom. The van der Waals surface area contributed by atoms with E-state index in [9.17, 15) is 4.79 Å². The van der Waals surface area contributed by atoms with Gasteiger partial charge in [-0.15, -0.1) is 5.11 Å². The summed E-state index contributed by atoms with van der Waals surface area (Å²) in [6, 6.07) is 13.0. The number of unbranched alkanes of at least 4 members (excludes halogenated alkanes) is 2. The summed E-state index contributed by atoms with van der Waals surface area (Å²) in [6.45, 7) is 7.06. The number of carbonyl (C=O) groups excluding carboxylic acids is 1. The number of benzene rings is 2. The quantitative estimate of drug-likeness (QED) is 0.0960. The molecule has 2 aromatic carbocycles. The van der Waals surface area contributed by atoms with E-state index in [1.54, 1.807) is 14.9 Å². The Labute approximate surface area is 239 Å². The molecule has 3 aliphatic heterocycles. The number of nitrogens with two attached hydrogens (primary N) is 3. The van der Waals surface area contributed by atoms with Crippen LogP contribution in [0.15, 0.2) is 64.3 Å². The van der Waals surface area contributed by atoms with E-state index in [4.69, 9.17) is 22.3 Å². The van der Waals surface area contributed by atoms with Crippen LogP contribution in [0.3, 0.4) is 0 Å². The molecule has 3 aliphatic rings. The van der Waals surface area contributed by atoms with Gasteiger partial charge >= 0.3 is 0 Å². The van der Waals surface area contributed by atoms with Gasteiger partial charge in [0, 0.05) is 17.4 Å². The number of hydrogen-bond acceptors (Lipinski definition) is 12. The minimum Gasteiger partial charge on any atom is -0.494 e. The first kappa shape index (κ1) is 28.4. The molecule has 0 bridgehead atoms. The molecule has 220 valence electrons. The number of aryl methyl sites for hydroxylation is 1. The number of amides is 1. The third kappa shape index (κ3) is 5.59. The summed E-state index contributed by atoms with van der Waals surface area (Å²) in [7, 11) is 0. The fraction of sp³-hybridized carbons (Fsp3) is 0.444. The van der Waals surface area contributed by atoms with Crippen LogP contribution in [-0.4, -0.2) is 53.9 Å². The number of hydrazine groups is 2. The van der Waals surface area contributed by atoms with Crippen LogP contribution in [0.5, 0.6) is 5.75 Å². The van der Waals surface area contributed by atoms with Gasteiger partial charge in [0.2, 0.25) is 0 Å². The highest BCUT2D eigenvalue weighted by atomic mass is 16.5. The lowest BCUT2D eigenvalue weighted by molar-refractivity contribution is 0.0951. The molecule has 3 heterocycles. The van der Waals surface area contributed by atoms with Crippen molar-refractivity contribution in [2.24, 2.45) is 27.9 Å². The molecule has 1 amide bonds. The van der Waals surface area contributed by atoms with Crippen molar-refractivity contribution in [3.05, 3.63) is 65.1 Å². The Morgan fingerprint density at radius 1 is 1.20 bits per heavy atom. The Bertz CT molecular complexity index is 1320. The fourth-order valence-corrected chi connectivity index (χ4v) is 5.44. The predicted octanol–water partition coefficient (Wildman–Crippen LogP) is 1.56. The third-order valence-electron chi connectivity index (χ3n) is 7.64. The highest BCUT2D eigenvalue weighted by Gasteiger charge is 2.43. The summed E-state index contributed by atoms with van der Waals surface area (Å²) in [6.07, 6.45) is 1.59. The van der Waals surface area contributed by atoms with Gasteiger partial charge in [-0.05, 0) is 44.0 Å². The van der Waals surface area contributed by atoms with Crippen molar-refractivity contribution in [1.82, 2.24) is 26.0 Å². The molecule has 1 saturated heterocycles. The topological polar surface area (TPSA) is 187 Å². The van der Waals surface area contributed by atoms with E-state index in [1.807, 2.05) is 56.3 Å². The van der Waals surface area contributed by atoms with Crippen LogP contribution in [0.1, 0.15) is 49.0 Å². The van der Waals surface area contributed by atoms with Crippen LogP contribution in [0.4, 0.5) is 11.4 Å². The van der Waals surface area contributed by atoms with E-state index in [0.29, 0.717) is 36.1 Å². The van der Waals surface area contributed by atoms with Crippen LogP contribution in [-0.2, 0) is 0 Å².